The van der Waals surface area contributed by atoms with E-state index in [0.29, 0.717) is 6.54 Å². The van der Waals surface area contributed by atoms with Gasteiger partial charge >= 0.3 is 0 Å². The summed E-state index contributed by atoms with van der Waals surface area (Å²) in [4.78, 5) is 25.6. The monoisotopic (exact) mass is 254 g/mol. The highest BCUT2D eigenvalue weighted by Gasteiger charge is 2.12. The van der Waals surface area contributed by atoms with Crippen molar-refractivity contribution in [1.29, 1.82) is 0 Å². The van der Waals surface area contributed by atoms with E-state index in [4.69, 9.17) is 0 Å². The number of Topliss-reactive ketones (excluding diaryl/α,β-unsaturated/α-hetero) is 1. The Labute approximate surface area is 106 Å². The third-order valence-electron chi connectivity index (χ3n) is 2.20. The van der Waals surface area contributed by atoms with E-state index < -0.39 is 0 Å². The lowest BCUT2D eigenvalue weighted by Crippen LogP contribution is -2.37. The average Bonchev–Trinajstić information content (AvgIpc) is 2.79. The van der Waals surface area contributed by atoms with Crippen LogP contribution in [0.25, 0.3) is 0 Å². The minimum atomic E-state index is -0.0340. The van der Waals surface area contributed by atoms with Crippen molar-refractivity contribution in [2.75, 3.05) is 26.7 Å². The van der Waals surface area contributed by atoms with Crippen molar-refractivity contribution in [3.63, 3.8) is 0 Å². The number of carbonyl (C=O) groups is 2. The second-order valence-electron chi connectivity index (χ2n) is 3.92. The number of carbonyl (C=O) groups excluding carboxylic acids is 2. The van der Waals surface area contributed by atoms with E-state index in [1.165, 1.54) is 11.3 Å². The summed E-state index contributed by atoms with van der Waals surface area (Å²) in [5.41, 5.74) is 0. The lowest BCUT2D eigenvalue weighted by molar-refractivity contribution is -0.121. The Balaban J connectivity index is 2.32. The topological polar surface area (TPSA) is 49.4 Å². The molecule has 0 saturated carbocycles. The molecule has 0 aliphatic heterocycles. The number of rotatable bonds is 7. The molecule has 1 rings (SSSR count). The summed E-state index contributed by atoms with van der Waals surface area (Å²) in [6.45, 7) is 3.23. The van der Waals surface area contributed by atoms with Crippen molar-refractivity contribution >= 4 is 23.0 Å². The summed E-state index contributed by atoms with van der Waals surface area (Å²) in [6.07, 6.45) is 0.920. The number of ketones is 1. The smallest absolute Gasteiger partial charge is 0.234 e. The van der Waals surface area contributed by atoms with Crippen LogP contribution in [0.1, 0.15) is 23.0 Å². The van der Waals surface area contributed by atoms with Crippen molar-refractivity contribution < 1.29 is 9.59 Å². The molecule has 1 aromatic rings. The first kappa shape index (κ1) is 13.9. The molecule has 0 fully saturated rings. The third-order valence-corrected chi connectivity index (χ3v) is 3.11. The minimum absolute atomic E-state index is 0.0340. The quantitative estimate of drug-likeness (QED) is 0.748. The van der Waals surface area contributed by atoms with E-state index in [-0.39, 0.29) is 24.8 Å². The van der Waals surface area contributed by atoms with E-state index in [0.717, 1.165) is 11.3 Å². The van der Waals surface area contributed by atoms with Gasteiger partial charge in [-0.2, -0.15) is 0 Å². The van der Waals surface area contributed by atoms with Crippen LogP contribution in [0.4, 0.5) is 0 Å². The highest BCUT2D eigenvalue weighted by molar-refractivity contribution is 7.12. The van der Waals surface area contributed by atoms with Crippen LogP contribution in [-0.4, -0.2) is 43.3 Å². The molecule has 1 aromatic heterocycles. The van der Waals surface area contributed by atoms with Gasteiger partial charge in [-0.3, -0.25) is 14.5 Å². The van der Waals surface area contributed by atoms with Gasteiger partial charge in [0.1, 0.15) is 0 Å². The number of hydrogen-bond acceptors (Lipinski definition) is 4. The fourth-order valence-electron chi connectivity index (χ4n) is 1.38. The Kier molecular flexibility index (Phi) is 5.86. The number of amides is 1. The predicted octanol–water partition coefficient (Wildman–Crippen LogP) is 1.39. The zero-order chi connectivity index (χ0) is 12.7. The molecule has 94 valence electrons. The lowest BCUT2D eigenvalue weighted by atomic mass is 10.3. The maximum atomic E-state index is 11.7. The van der Waals surface area contributed by atoms with E-state index in [1.807, 2.05) is 18.4 Å². The number of likely N-dealkylation sites (N-methyl/N-ethyl adjacent to an activating group) is 1. The molecule has 0 saturated heterocycles. The van der Waals surface area contributed by atoms with Crippen molar-refractivity contribution in [3.8, 4) is 0 Å². The van der Waals surface area contributed by atoms with Gasteiger partial charge in [-0.25, -0.2) is 0 Å². The molecular weight excluding hydrogens is 236 g/mol. The van der Waals surface area contributed by atoms with Gasteiger partial charge in [-0.15, -0.1) is 11.3 Å². The van der Waals surface area contributed by atoms with Crippen molar-refractivity contribution in [2.24, 2.45) is 0 Å². The van der Waals surface area contributed by atoms with Crippen LogP contribution in [0.3, 0.4) is 0 Å². The molecule has 1 amide bonds. The zero-order valence-corrected chi connectivity index (χ0v) is 11.0. The van der Waals surface area contributed by atoms with E-state index in [1.54, 1.807) is 18.0 Å². The molecule has 5 heteroatoms. The second-order valence-corrected chi connectivity index (χ2v) is 4.87. The molecule has 1 heterocycles. The molecule has 0 atom stereocenters. The van der Waals surface area contributed by atoms with Gasteiger partial charge in [0.25, 0.3) is 0 Å². The van der Waals surface area contributed by atoms with E-state index in [2.05, 4.69) is 5.32 Å². The molecule has 0 aromatic carbocycles. The standard InChI is InChI=1S/C12H18N2O2S/c1-3-6-13-12(16)9-14(2)8-10(15)11-5-4-7-17-11/h4-5,7H,3,6,8-9H2,1-2H3,(H,13,16). The van der Waals surface area contributed by atoms with Gasteiger partial charge in [-0.1, -0.05) is 13.0 Å². The minimum Gasteiger partial charge on any atom is -0.355 e. The Morgan fingerprint density at radius 2 is 2.18 bits per heavy atom. The van der Waals surface area contributed by atoms with Gasteiger partial charge in [0.15, 0.2) is 5.78 Å². The normalized spacial score (nSPS) is 10.5. The second kappa shape index (κ2) is 7.19. The summed E-state index contributed by atoms with van der Waals surface area (Å²) in [6, 6.07) is 3.66. The molecule has 0 spiro atoms. The molecular formula is C12H18N2O2S. The lowest BCUT2D eigenvalue weighted by Gasteiger charge is -2.14. The SMILES string of the molecule is CCCNC(=O)CN(C)CC(=O)c1cccs1. The Bertz CT molecular complexity index is 363. The fraction of sp³-hybridized carbons (Fsp3) is 0.500. The maximum absolute atomic E-state index is 11.7. The number of nitrogens with one attached hydrogen (secondary N) is 1. The number of nitrogens with zero attached hydrogens (tertiary/aromatic N) is 1. The van der Waals surface area contributed by atoms with E-state index >= 15 is 0 Å². The molecule has 0 aliphatic carbocycles. The first-order valence-corrected chi connectivity index (χ1v) is 6.53. The molecule has 17 heavy (non-hydrogen) atoms. The van der Waals surface area contributed by atoms with Gasteiger partial charge in [-0.05, 0) is 24.9 Å². The van der Waals surface area contributed by atoms with Crippen LogP contribution in [-0.2, 0) is 4.79 Å². The first-order chi connectivity index (χ1) is 8.13. The third kappa shape index (κ3) is 5.10. The number of hydrogen-bond donors (Lipinski definition) is 1. The van der Waals surface area contributed by atoms with Crippen LogP contribution in [0, 0.1) is 0 Å². The summed E-state index contributed by atoms with van der Waals surface area (Å²) < 4.78 is 0. The summed E-state index contributed by atoms with van der Waals surface area (Å²) in [7, 11) is 1.77. The Morgan fingerprint density at radius 1 is 1.41 bits per heavy atom. The van der Waals surface area contributed by atoms with Gasteiger partial charge in [0, 0.05) is 6.54 Å². The molecule has 0 aliphatic rings. The zero-order valence-electron chi connectivity index (χ0n) is 10.2. The van der Waals surface area contributed by atoms with Crippen molar-refractivity contribution in [2.45, 2.75) is 13.3 Å². The summed E-state index contributed by atoms with van der Waals surface area (Å²) >= 11 is 1.43. The fourth-order valence-corrected chi connectivity index (χ4v) is 2.04. The van der Waals surface area contributed by atoms with Crippen LogP contribution < -0.4 is 5.32 Å². The molecule has 0 radical (unpaired) electrons. The van der Waals surface area contributed by atoms with Crippen molar-refractivity contribution in [1.82, 2.24) is 10.2 Å². The van der Waals surface area contributed by atoms with E-state index in [9.17, 15) is 9.59 Å². The molecule has 0 bridgehead atoms. The first-order valence-electron chi connectivity index (χ1n) is 5.65. The molecule has 0 unspecified atom stereocenters. The number of thiophene rings is 1. The molecule has 1 N–H and O–H groups in total. The van der Waals surface area contributed by atoms with Gasteiger partial charge in [0.2, 0.25) is 5.91 Å². The van der Waals surface area contributed by atoms with Crippen LogP contribution in [0.2, 0.25) is 0 Å². The highest BCUT2D eigenvalue weighted by atomic mass is 32.1. The van der Waals surface area contributed by atoms with Gasteiger partial charge < -0.3 is 5.32 Å². The van der Waals surface area contributed by atoms with Crippen LogP contribution >= 0.6 is 11.3 Å². The summed E-state index contributed by atoms with van der Waals surface area (Å²) in [5, 5.41) is 4.66. The van der Waals surface area contributed by atoms with Crippen LogP contribution in [0.15, 0.2) is 17.5 Å². The predicted molar refractivity (Wildman–Crippen MR) is 69.4 cm³/mol. The van der Waals surface area contributed by atoms with Crippen molar-refractivity contribution in [3.05, 3.63) is 22.4 Å². The Hall–Kier alpha value is -1.20. The average molecular weight is 254 g/mol. The highest BCUT2D eigenvalue weighted by Crippen LogP contribution is 2.09. The molecule has 4 nitrogen and oxygen atoms in total. The maximum Gasteiger partial charge on any atom is 0.234 e. The summed E-state index contributed by atoms with van der Waals surface area (Å²) in [5.74, 6) is 0.0270. The largest absolute Gasteiger partial charge is 0.355 e. The van der Waals surface area contributed by atoms with Crippen LogP contribution in [0.5, 0.6) is 0 Å². The Morgan fingerprint density at radius 3 is 2.76 bits per heavy atom. The van der Waals surface area contributed by atoms with Gasteiger partial charge in [0.05, 0.1) is 18.0 Å².